The SMILES string of the molecule is COc1ccc(OC(C)=O)cc1-c1ccc(F)c2c1CN(C(=O)C1CCc3ccccc3O1)CC2. The Morgan fingerprint density at radius 3 is 2.66 bits per heavy atom. The van der Waals surface area contributed by atoms with Crippen molar-refractivity contribution in [2.24, 2.45) is 0 Å². The summed E-state index contributed by atoms with van der Waals surface area (Å²) in [4.78, 5) is 26.7. The maximum atomic E-state index is 14.8. The molecule has 0 N–H and O–H groups in total. The largest absolute Gasteiger partial charge is 0.496 e. The Kier molecular flexibility index (Phi) is 6.16. The number of benzene rings is 3. The van der Waals surface area contributed by atoms with E-state index in [9.17, 15) is 14.0 Å². The van der Waals surface area contributed by atoms with Crippen LogP contribution in [-0.4, -0.2) is 36.5 Å². The van der Waals surface area contributed by atoms with Crippen LogP contribution in [0.25, 0.3) is 11.1 Å². The standard InChI is InChI=1S/C28H26FNO5/c1-17(31)34-19-8-12-26(33-2)22(15-19)20-9-10-24(29)21-13-14-30(16-23(20)21)28(32)27-11-7-18-5-3-4-6-25(18)35-27/h3-6,8-10,12,15,27H,7,11,13-14,16H2,1-2H3. The Labute approximate surface area is 203 Å². The van der Waals surface area contributed by atoms with Crippen LogP contribution in [0.3, 0.4) is 0 Å². The molecule has 7 heteroatoms. The van der Waals surface area contributed by atoms with Gasteiger partial charge in [0.2, 0.25) is 0 Å². The highest BCUT2D eigenvalue weighted by Gasteiger charge is 2.33. The molecule has 1 amide bonds. The maximum Gasteiger partial charge on any atom is 0.308 e. The van der Waals surface area contributed by atoms with Crippen LogP contribution < -0.4 is 14.2 Å². The molecule has 2 heterocycles. The Bertz CT molecular complexity index is 1300. The number of carbonyl (C=O) groups excluding carboxylic acids is 2. The number of hydrogen-bond donors (Lipinski definition) is 0. The van der Waals surface area contributed by atoms with Crippen molar-refractivity contribution in [3.05, 3.63) is 77.1 Å². The lowest BCUT2D eigenvalue weighted by Crippen LogP contribution is -2.45. The first-order valence-corrected chi connectivity index (χ1v) is 11.6. The minimum Gasteiger partial charge on any atom is -0.496 e. The summed E-state index contributed by atoms with van der Waals surface area (Å²) in [5.74, 6) is 0.839. The van der Waals surface area contributed by atoms with Crippen LogP contribution in [0.2, 0.25) is 0 Å². The first-order chi connectivity index (χ1) is 16.9. The summed E-state index contributed by atoms with van der Waals surface area (Å²) in [5.41, 5.74) is 3.81. The molecule has 2 aliphatic rings. The molecule has 0 saturated carbocycles. The number of ether oxygens (including phenoxy) is 3. The summed E-state index contributed by atoms with van der Waals surface area (Å²) in [6.45, 7) is 2.00. The molecule has 0 aromatic heterocycles. The second kappa shape index (κ2) is 9.41. The van der Waals surface area contributed by atoms with Gasteiger partial charge in [0.1, 0.15) is 23.1 Å². The number of nitrogens with zero attached hydrogens (tertiary/aromatic N) is 1. The number of rotatable bonds is 4. The highest BCUT2D eigenvalue weighted by molar-refractivity contribution is 5.83. The highest BCUT2D eigenvalue weighted by Crippen LogP contribution is 2.39. The fourth-order valence-electron chi connectivity index (χ4n) is 4.90. The van der Waals surface area contributed by atoms with Crippen LogP contribution >= 0.6 is 0 Å². The molecule has 6 nitrogen and oxygen atoms in total. The van der Waals surface area contributed by atoms with E-state index in [4.69, 9.17) is 14.2 Å². The van der Waals surface area contributed by atoms with Gasteiger partial charge in [0.25, 0.3) is 5.91 Å². The molecule has 3 aromatic carbocycles. The van der Waals surface area contributed by atoms with E-state index >= 15 is 0 Å². The number of para-hydroxylation sites is 1. The molecule has 0 saturated heterocycles. The zero-order chi connectivity index (χ0) is 24.5. The Hall–Kier alpha value is -3.87. The Balaban J connectivity index is 1.47. The first-order valence-electron chi connectivity index (χ1n) is 11.6. The number of carbonyl (C=O) groups is 2. The minimum atomic E-state index is -0.565. The molecular weight excluding hydrogens is 449 g/mol. The van der Waals surface area contributed by atoms with Crippen LogP contribution in [0.4, 0.5) is 4.39 Å². The van der Waals surface area contributed by atoms with Crippen molar-refractivity contribution in [1.29, 1.82) is 0 Å². The van der Waals surface area contributed by atoms with Crippen molar-refractivity contribution in [3.63, 3.8) is 0 Å². The molecule has 5 rings (SSSR count). The molecule has 2 aliphatic heterocycles. The second-order valence-electron chi connectivity index (χ2n) is 8.77. The van der Waals surface area contributed by atoms with Gasteiger partial charge in [-0.25, -0.2) is 4.39 Å². The van der Waals surface area contributed by atoms with Gasteiger partial charge in [-0.2, -0.15) is 0 Å². The third-order valence-corrected chi connectivity index (χ3v) is 6.58. The van der Waals surface area contributed by atoms with E-state index in [1.807, 2.05) is 24.3 Å². The van der Waals surface area contributed by atoms with Crippen molar-refractivity contribution in [2.75, 3.05) is 13.7 Å². The van der Waals surface area contributed by atoms with Crippen molar-refractivity contribution >= 4 is 11.9 Å². The summed E-state index contributed by atoms with van der Waals surface area (Å²) < 4.78 is 31.7. The van der Waals surface area contributed by atoms with E-state index in [1.54, 1.807) is 36.3 Å². The van der Waals surface area contributed by atoms with Crippen LogP contribution in [-0.2, 0) is 29.0 Å². The minimum absolute atomic E-state index is 0.0963. The van der Waals surface area contributed by atoms with E-state index in [1.165, 1.54) is 13.0 Å². The molecule has 0 aliphatic carbocycles. The average Bonchev–Trinajstić information content (AvgIpc) is 2.87. The van der Waals surface area contributed by atoms with E-state index in [2.05, 4.69) is 0 Å². The molecule has 1 unspecified atom stereocenters. The van der Waals surface area contributed by atoms with Gasteiger partial charge in [-0.05, 0) is 71.8 Å². The number of fused-ring (bicyclic) bond motifs is 2. The predicted molar refractivity (Wildman–Crippen MR) is 128 cm³/mol. The van der Waals surface area contributed by atoms with Gasteiger partial charge >= 0.3 is 5.97 Å². The quantitative estimate of drug-likeness (QED) is 0.404. The second-order valence-corrected chi connectivity index (χ2v) is 8.77. The van der Waals surface area contributed by atoms with Gasteiger partial charge in [-0.1, -0.05) is 24.3 Å². The average molecular weight is 476 g/mol. The van der Waals surface area contributed by atoms with Gasteiger partial charge in [0.15, 0.2) is 6.10 Å². The van der Waals surface area contributed by atoms with Crippen molar-refractivity contribution in [2.45, 2.75) is 38.8 Å². The molecule has 1 atom stereocenters. The van der Waals surface area contributed by atoms with E-state index in [0.717, 1.165) is 28.9 Å². The zero-order valence-corrected chi connectivity index (χ0v) is 19.7. The van der Waals surface area contributed by atoms with Gasteiger partial charge in [-0.3, -0.25) is 9.59 Å². The summed E-state index contributed by atoms with van der Waals surface area (Å²) >= 11 is 0. The number of methoxy groups -OCH3 is 1. The molecule has 0 fully saturated rings. The van der Waals surface area contributed by atoms with Crippen LogP contribution in [0.5, 0.6) is 17.2 Å². The van der Waals surface area contributed by atoms with Crippen molar-refractivity contribution in [3.8, 4) is 28.4 Å². The summed E-state index contributed by atoms with van der Waals surface area (Å²) in [6, 6.07) is 15.9. The number of halogens is 1. The number of hydrogen-bond acceptors (Lipinski definition) is 5. The normalized spacial score (nSPS) is 16.5. The smallest absolute Gasteiger partial charge is 0.308 e. The van der Waals surface area contributed by atoms with Crippen molar-refractivity contribution in [1.82, 2.24) is 4.90 Å². The zero-order valence-electron chi connectivity index (χ0n) is 19.7. The van der Waals surface area contributed by atoms with Gasteiger partial charge in [0, 0.05) is 25.6 Å². The Morgan fingerprint density at radius 2 is 1.86 bits per heavy atom. The van der Waals surface area contributed by atoms with E-state index in [-0.39, 0.29) is 18.3 Å². The third kappa shape index (κ3) is 4.46. The van der Waals surface area contributed by atoms with Crippen LogP contribution in [0.1, 0.15) is 30.0 Å². The maximum absolute atomic E-state index is 14.8. The van der Waals surface area contributed by atoms with Gasteiger partial charge in [0.05, 0.1) is 7.11 Å². The molecule has 0 radical (unpaired) electrons. The molecule has 0 spiro atoms. The lowest BCUT2D eigenvalue weighted by Gasteiger charge is -2.34. The third-order valence-electron chi connectivity index (χ3n) is 6.58. The van der Waals surface area contributed by atoms with Crippen molar-refractivity contribution < 1.29 is 28.2 Å². The topological polar surface area (TPSA) is 65.1 Å². The number of amides is 1. The molecule has 180 valence electrons. The monoisotopic (exact) mass is 475 g/mol. The molecule has 0 bridgehead atoms. The summed E-state index contributed by atoms with van der Waals surface area (Å²) in [5, 5.41) is 0. The van der Waals surface area contributed by atoms with E-state index in [0.29, 0.717) is 42.0 Å². The fraction of sp³-hybridized carbons (Fsp3) is 0.286. The fourth-order valence-corrected chi connectivity index (χ4v) is 4.90. The summed E-state index contributed by atoms with van der Waals surface area (Å²) in [7, 11) is 1.55. The van der Waals surface area contributed by atoms with Crippen LogP contribution in [0, 0.1) is 5.82 Å². The first kappa shape index (κ1) is 22.9. The predicted octanol–water partition coefficient (Wildman–Crippen LogP) is 4.71. The lowest BCUT2D eigenvalue weighted by molar-refractivity contribution is -0.140. The van der Waals surface area contributed by atoms with Gasteiger partial charge < -0.3 is 19.1 Å². The number of esters is 1. The molecule has 3 aromatic rings. The lowest BCUT2D eigenvalue weighted by atomic mass is 9.89. The molecular formula is C28H26FNO5. The highest BCUT2D eigenvalue weighted by atomic mass is 19.1. The molecule has 35 heavy (non-hydrogen) atoms. The number of aryl methyl sites for hydroxylation is 1. The van der Waals surface area contributed by atoms with Crippen LogP contribution in [0.15, 0.2) is 54.6 Å². The Morgan fingerprint density at radius 1 is 1.03 bits per heavy atom. The summed E-state index contributed by atoms with van der Waals surface area (Å²) in [6.07, 6.45) is 1.21. The van der Waals surface area contributed by atoms with Gasteiger partial charge in [-0.15, -0.1) is 0 Å². The van der Waals surface area contributed by atoms with E-state index < -0.39 is 12.1 Å².